The first-order chi connectivity index (χ1) is 8.16. The number of hydrogen-bond donors (Lipinski definition) is 2. The van der Waals surface area contributed by atoms with Gasteiger partial charge in [0.1, 0.15) is 0 Å². The molecule has 0 heterocycles. The molecule has 100 valence electrons. The summed E-state index contributed by atoms with van der Waals surface area (Å²) in [7, 11) is 0. The van der Waals surface area contributed by atoms with Gasteiger partial charge < -0.3 is 11.1 Å². The van der Waals surface area contributed by atoms with Gasteiger partial charge in [-0.15, -0.1) is 12.4 Å². The van der Waals surface area contributed by atoms with E-state index in [0.717, 1.165) is 17.3 Å². The molecule has 1 aliphatic carbocycles. The summed E-state index contributed by atoms with van der Waals surface area (Å²) in [4.78, 5) is 11.2. The molecule has 1 aromatic rings. The van der Waals surface area contributed by atoms with Crippen LogP contribution < -0.4 is 11.1 Å². The van der Waals surface area contributed by atoms with E-state index in [2.05, 4.69) is 45.5 Å². The van der Waals surface area contributed by atoms with Crippen molar-refractivity contribution >= 4 is 34.2 Å². The normalized spacial score (nSPS) is 16.3. The van der Waals surface area contributed by atoms with E-state index in [0.29, 0.717) is 6.54 Å². The van der Waals surface area contributed by atoms with Gasteiger partial charge in [0, 0.05) is 16.4 Å². The van der Waals surface area contributed by atoms with Crippen LogP contribution in [0.3, 0.4) is 0 Å². The molecule has 2 rings (SSSR count). The third kappa shape index (κ3) is 3.25. The zero-order valence-corrected chi connectivity index (χ0v) is 12.5. The van der Waals surface area contributed by atoms with Crippen LogP contribution in [0.2, 0.25) is 0 Å². The van der Waals surface area contributed by atoms with Crippen molar-refractivity contribution in [2.24, 2.45) is 5.73 Å². The van der Waals surface area contributed by atoms with Crippen LogP contribution in [0.15, 0.2) is 28.7 Å². The van der Waals surface area contributed by atoms with Crippen molar-refractivity contribution in [2.45, 2.75) is 24.7 Å². The number of hydrogen-bond acceptors (Lipinski definition) is 2. The number of benzene rings is 1. The Hall–Kier alpha value is -0.580. The van der Waals surface area contributed by atoms with Gasteiger partial charge in [-0.05, 0) is 30.5 Å². The summed E-state index contributed by atoms with van der Waals surface area (Å²) in [6.45, 7) is 0.765. The fourth-order valence-electron chi connectivity index (χ4n) is 2.31. The zero-order valence-electron chi connectivity index (χ0n) is 10.1. The highest BCUT2D eigenvalue weighted by Crippen LogP contribution is 2.43. The van der Waals surface area contributed by atoms with E-state index in [1.54, 1.807) is 0 Å². The highest BCUT2D eigenvalue weighted by molar-refractivity contribution is 9.10. The smallest absolute Gasteiger partial charge is 0.233 e. The molecule has 0 radical (unpaired) electrons. The lowest BCUT2D eigenvalue weighted by molar-refractivity contribution is -0.120. The summed E-state index contributed by atoms with van der Waals surface area (Å²) < 4.78 is 1.08. The average Bonchev–Trinajstić information content (AvgIpc) is 2.29. The van der Waals surface area contributed by atoms with Crippen molar-refractivity contribution < 1.29 is 4.79 Å². The van der Waals surface area contributed by atoms with Crippen molar-refractivity contribution in [3.05, 3.63) is 34.3 Å². The Bertz CT molecular complexity index is 404. The highest BCUT2D eigenvalue weighted by Gasteiger charge is 2.38. The second kappa shape index (κ2) is 6.55. The second-order valence-corrected chi connectivity index (χ2v) is 5.54. The highest BCUT2D eigenvalue weighted by atomic mass is 79.9. The molecule has 1 aliphatic rings. The Kier molecular flexibility index (Phi) is 5.63. The number of amides is 1. The fraction of sp³-hybridized carbons (Fsp3) is 0.462. The maximum Gasteiger partial charge on any atom is 0.233 e. The van der Waals surface area contributed by atoms with Gasteiger partial charge in [0.25, 0.3) is 0 Å². The Morgan fingerprint density at radius 1 is 1.33 bits per heavy atom. The van der Waals surface area contributed by atoms with Crippen molar-refractivity contribution in [3.8, 4) is 0 Å². The molecule has 0 bridgehead atoms. The minimum Gasteiger partial charge on any atom is -0.354 e. The average molecular weight is 334 g/mol. The monoisotopic (exact) mass is 332 g/mol. The Balaban J connectivity index is 0.00000162. The summed E-state index contributed by atoms with van der Waals surface area (Å²) in [5.74, 6) is -0.0756. The lowest BCUT2D eigenvalue weighted by atomic mass is 9.64. The summed E-state index contributed by atoms with van der Waals surface area (Å²) in [6, 6.07) is 8.38. The van der Waals surface area contributed by atoms with Crippen molar-refractivity contribution in [2.75, 3.05) is 13.1 Å². The lowest BCUT2D eigenvalue weighted by Gasteiger charge is -2.42. The molecule has 0 spiro atoms. The van der Waals surface area contributed by atoms with Crippen LogP contribution >= 0.6 is 28.3 Å². The summed E-state index contributed by atoms with van der Waals surface area (Å²) in [5.41, 5.74) is 6.74. The van der Waals surface area contributed by atoms with Crippen LogP contribution in [0.25, 0.3) is 0 Å². The standard InChI is InChI=1S/C13H17BrN2O.ClH/c14-11-4-2-10(3-5-11)13(6-1-7-13)9-16-12(17)8-15;/h2-5H,1,6-9,15H2,(H,16,17);1H. The maximum absolute atomic E-state index is 11.2. The number of carbonyl (C=O) groups is 1. The predicted octanol–water partition coefficient (Wildman–Crippen LogP) is 2.37. The van der Waals surface area contributed by atoms with Crippen molar-refractivity contribution in [1.82, 2.24) is 5.32 Å². The van der Waals surface area contributed by atoms with Crippen molar-refractivity contribution in [1.29, 1.82) is 0 Å². The van der Waals surface area contributed by atoms with Gasteiger partial charge >= 0.3 is 0 Å². The third-order valence-corrected chi connectivity index (χ3v) is 4.11. The molecule has 5 heteroatoms. The Morgan fingerprint density at radius 3 is 2.39 bits per heavy atom. The van der Waals surface area contributed by atoms with E-state index in [1.165, 1.54) is 12.0 Å². The number of nitrogens with one attached hydrogen (secondary N) is 1. The van der Waals surface area contributed by atoms with Gasteiger partial charge in [-0.1, -0.05) is 34.5 Å². The molecule has 3 nitrogen and oxygen atoms in total. The van der Waals surface area contributed by atoms with Crippen LogP contribution in [-0.2, 0) is 10.2 Å². The molecule has 0 aliphatic heterocycles. The van der Waals surface area contributed by atoms with Crippen LogP contribution in [0.5, 0.6) is 0 Å². The second-order valence-electron chi connectivity index (χ2n) is 4.62. The van der Waals surface area contributed by atoms with Gasteiger partial charge in [0.2, 0.25) is 5.91 Å². The molecule has 0 unspecified atom stereocenters. The summed E-state index contributed by atoms with van der Waals surface area (Å²) >= 11 is 3.44. The van der Waals surface area contributed by atoms with Crippen LogP contribution in [0, 0.1) is 0 Å². The van der Waals surface area contributed by atoms with Crippen LogP contribution in [-0.4, -0.2) is 19.0 Å². The SMILES string of the molecule is Cl.NCC(=O)NCC1(c2ccc(Br)cc2)CCC1. The summed E-state index contributed by atoms with van der Waals surface area (Å²) in [5, 5.41) is 2.91. The van der Waals surface area contributed by atoms with E-state index >= 15 is 0 Å². The van der Waals surface area contributed by atoms with E-state index < -0.39 is 0 Å². The first-order valence-electron chi connectivity index (χ1n) is 5.89. The number of rotatable bonds is 4. The minimum atomic E-state index is -0.0756. The summed E-state index contributed by atoms with van der Waals surface area (Å²) in [6.07, 6.45) is 3.51. The predicted molar refractivity (Wildman–Crippen MR) is 79.0 cm³/mol. The molecule has 1 saturated carbocycles. The first-order valence-corrected chi connectivity index (χ1v) is 6.68. The molecular formula is C13H18BrClN2O. The molecule has 1 aromatic carbocycles. The van der Waals surface area contributed by atoms with Gasteiger partial charge in [-0.25, -0.2) is 0 Å². The molecule has 0 aromatic heterocycles. The van der Waals surface area contributed by atoms with Gasteiger partial charge in [-0.2, -0.15) is 0 Å². The Morgan fingerprint density at radius 2 is 1.94 bits per heavy atom. The quantitative estimate of drug-likeness (QED) is 0.889. The molecule has 0 saturated heterocycles. The largest absolute Gasteiger partial charge is 0.354 e. The zero-order chi connectivity index (χ0) is 12.3. The minimum absolute atomic E-state index is 0. The van der Waals surface area contributed by atoms with Gasteiger partial charge in [0.05, 0.1) is 6.54 Å². The maximum atomic E-state index is 11.2. The van der Waals surface area contributed by atoms with Gasteiger partial charge in [-0.3, -0.25) is 4.79 Å². The molecule has 1 amide bonds. The first kappa shape index (κ1) is 15.5. The van der Waals surface area contributed by atoms with E-state index in [4.69, 9.17) is 5.73 Å². The van der Waals surface area contributed by atoms with Gasteiger partial charge in [0.15, 0.2) is 0 Å². The topological polar surface area (TPSA) is 55.1 Å². The number of carbonyl (C=O) groups excluding carboxylic acids is 1. The Labute approximate surface area is 122 Å². The van der Waals surface area contributed by atoms with Crippen molar-refractivity contribution in [3.63, 3.8) is 0 Å². The van der Waals surface area contributed by atoms with Crippen LogP contribution in [0.4, 0.5) is 0 Å². The number of nitrogens with two attached hydrogens (primary N) is 1. The molecule has 3 N–H and O–H groups in total. The third-order valence-electron chi connectivity index (χ3n) is 3.58. The number of halogens is 2. The fourth-order valence-corrected chi connectivity index (χ4v) is 2.58. The molecule has 0 atom stereocenters. The lowest BCUT2D eigenvalue weighted by Crippen LogP contribution is -2.46. The van der Waals surface area contributed by atoms with E-state index in [9.17, 15) is 4.79 Å². The van der Waals surface area contributed by atoms with E-state index in [1.807, 2.05) is 0 Å². The molecule has 18 heavy (non-hydrogen) atoms. The molecular weight excluding hydrogens is 316 g/mol. The van der Waals surface area contributed by atoms with Crippen LogP contribution in [0.1, 0.15) is 24.8 Å². The molecule has 1 fully saturated rings. The van der Waals surface area contributed by atoms with E-state index in [-0.39, 0.29) is 30.3 Å².